The van der Waals surface area contributed by atoms with E-state index in [1.165, 1.54) is 20.9 Å². The van der Waals surface area contributed by atoms with Gasteiger partial charge in [-0.05, 0) is 43.0 Å². The van der Waals surface area contributed by atoms with Gasteiger partial charge in [0.05, 0.1) is 12.1 Å². The zero-order valence-corrected chi connectivity index (χ0v) is 23.6. The maximum Gasteiger partial charge on any atom is 0.409 e. The highest BCUT2D eigenvalue weighted by Gasteiger charge is 2.33. The zero-order valence-electron chi connectivity index (χ0n) is 23.6. The Bertz CT molecular complexity index is 1490. The van der Waals surface area contributed by atoms with Gasteiger partial charge < -0.3 is 29.9 Å². The van der Waals surface area contributed by atoms with E-state index in [0.29, 0.717) is 5.52 Å². The number of fused-ring (bicyclic) bond motifs is 2. The maximum absolute atomic E-state index is 13.2. The number of hydrogen-bond donors (Lipinski definition) is 2. The van der Waals surface area contributed by atoms with Crippen LogP contribution in [0.2, 0.25) is 0 Å². The number of rotatable bonds is 8. The van der Waals surface area contributed by atoms with E-state index >= 15 is 0 Å². The number of carbonyl (C=O) groups excluding carboxylic acids is 3. The van der Waals surface area contributed by atoms with Gasteiger partial charge in [-0.1, -0.05) is 42.5 Å². The number of para-hydroxylation sites is 1. The molecule has 0 bridgehead atoms. The van der Waals surface area contributed by atoms with Crippen LogP contribution in [0.5, 0.6) is 0 Å². The van der Waals surface area contributed by atoms with Crippen LogP contribution in [0.25, 0.3) is 10.9 Å². The Balaban J connectivity index is 1.24. The third-order valence-electron chi connectivity index (χ3n) is 7.83. The number of hydrogen-bond acceptors (Lipinski definition) is 7. The molecule has 3 amide bonds. The van der Waals surface area contributed by atoms with Crippen molar-refractivity contribution in [1.29, 1.82) is 0 Å². The maximum atomic E-state index is 13.2. The van der Waals surface area contributed by atoms with Gasteiger partial charge in [0.25, 0.3) is 5.91 Å². The molecule has 42 heavy (non-hydrogen) atoms. The van der Waals surface area contributed by atoms with Gasteiger partial charge >= 0.3 is 12.1 Å². The number of nitrogens with one attached hydrogen (secondary N) is 1. The lowest BCUT2D eigenvalue weighted by atomic mass is 9.98. The van der Waals surface area contributed by atoms with E-state index in [0.717, 1.165) is 30.6 Å². The van der Waals surface area contributed by atoms with Gasteiger partial charge in [0.15, 0.2) is 0 Å². The smallest absolute Gasteiger partial charge is 0.409 e. The Labute approximate surface area is 244 Å². The van der Waals surface area contributed by atoms with Crippen molar-refractivity contribution < 1.29 is 29.0 Å². The molecule has 220 valence electrons. The molecule has 1 saturated heterocycles. The number of benzene rings is 2. The lowest BCUT2D eigenvalue weighted by Gasteiger charge is -2.35. The molecule has 2 aliphatic heterocycles. The minimum atomic E-state index is -1.31. The SMILES string of the molecule is CCOC(=O)N1CCN(C(=O)C(CCNC(=O)c2cc(N3CCc4ccccc4C3)c3ccccc3n2)C(=O)O)CC1. The van der Waals surface area contributed by atoms with Gasteiger partial charge in [-0.15, -0.1) is 0 Å². The number of aromatic nitrogens is 1. The van der Waals surface area contributed by atoms with E-state index in [-0.39, 0.29) is 51.4 Å². The second kappa shape index (κ2) is 12.9. The highest BCUT2D eigenvalue weighted by atomic mass is 16.6. The second-order valence-corrected chi connectivity index (χ2v) is 10.4. The van der Waals surface area contributed by atoms with Crippen molar-refractivity contribution >= 4 is 40.5 Å². The van der Waals surface area contributed by atoms with Crippen LogP contribution in [0.15, 0.2) is 54.6 Å². The molecule has 0 saturated carbocycles. The van der Waals surface area contributed by atoms with Crippen molar-refractivity contribution in [1.82, 2.24) is 20.1 Å². The minimum Gasteiger partial charge on any atom is -0.481 e. The Morgan fingerprint density at radius 3 is 2.38 bits per heavy atom. The number of pyridine rings is 1. The Hall–Kier alpha value is -4.67. The molecule has 1 aromatic heterocycles. The second-order valence-electron chi connectivity index (χ2n) is 10.4. The average Bonchev–Trinajstić information content (AvgIpc) is 3.02. The van der Waals surface area contributed by atoms with Crippen molar-refractivity contribution in [3.8, 4) is 0 Å². The van der Waals surface area contributed by atoms with Gasteiger partial charge in [0.2, 0.25) is 5.91 Å². The van der Waals surface area contributed by atoms with Crippen LogP contribution < -0.4 is 10.2 Å². The summed E-state index contributed by atoms with van der Waals surface area (Å²) < 4.78 is 5.00. The fourth-order valence-electron chi connectivity index (χ4n) is 5.55. The predicted molar refractivity (Wildman–Crippen MR) is 156 cm³/mol. The van der Waals surface area contributed by atoms with Crippen LogP contribution >= 0.6 is 0 Å². The quantitative estimate of drug-likeness (QED) is 0.393. The third kappa shape index (κ3) is 6.29. The first-order chi connectivity index (χ1) is 20.4. The Morgan fingerprint density at radius 1 is 0.952 bits per heavy atom. The summed E-state index contributed by atoms with van der Waals surface area (Å²) in [4.78, 5) is 59.9. The summed E-state index contributed by atoms with van der Waals surface area (Å²) in [5, 5.41) is 13.5. The fourth-order valence-corrected chi connectivity index (χ4v) is 5.55. The molecule has 1 atom stereocenters. The molecule has 1 fully saturated rings. The van der Waals surface area contributed by atoms with E-state index < -0.39 is 29.8 Å². The number of piperazine rings is 1. The van der Waals surface area contributed by atoms with Gasteiger partial charge in [-0.25, -0.2) is 9.78 Å². The Kier molecular flexibility index (Phi) is 8.85. The summed E-state index contributed by atoms with van der Waals surface area (Å²) in [6.45, 7) is 4.48. The van der Waals surface area contributed by atoms with E-state index in [9.17, 15) is 24.3 Å². The minimum absolute atomic E-state index is 0.00867. The van der Waals surface area contributed by atoms with Crippen LogP contribution in [0.4, 0.5) is 10.5 Å². The predicted octanol–water partition coefficient (Wildman–Crippen LogP) is 2.92. The van der Waals surface area contributed by atoms with Crippen LogP contribution in [0, 0.1) is 5.92 Å². The number of nitrogens with zero attached hydrogens (tertiary/aromatic N) is 4. The van der Waals surface area contributed by atoms with Crippen LogP contribution in [-0.4, -0.2) is 89.6 Å². The summed E-state index contributed by atoms with van der Waals surface area (Å²) >= 11 is 0. The molecule has 5 rings (SSSR count). The first kappa shape index (κ1) is 28.8. The van der Waals surface area contributed by atoms with Crippen molar-refractivity contribution in [2.24, 2.45) is 5.92 Å². The average molecular weight is 574 g/mol. The number of ether oxygens (including phenoxy) is 1. The lowest BCUT2D eigenvalue weighted by Crippen LogP contribution is -2.53. The number of carboxylic acids is 1. The number of amides is 3. The van der Waals surface area contributed by atoms with Crippen molar-refractivity contribution in [2.75, 3.05) is 50.8 Å². The largest absolute Gasteiger partial charge is 0.481 e. The van der Waals surface area contributed by atoms with Crippen LogP contribution in [0.3, 0.4) is 0 Å². The number of anilines is 1. The van der Waals surface area contributed by atoms with E-state index in [1.807, 2.05) is 36.4 Å². The normalized spacial score (nSPS) is 15.6. The van der Waals surface area contributed by atoms with E-state index in [2.05, 4.69) is 27.3 Å². The van der Waals surface area contributed by atoms with Crippen molar-refractivity contribution in [2.45, 2.75) is 26.3 Å². The molecule has 1 unspecified atom stereocenters. The van der Waals surface area contributed by atoms with E-state index in [1.54, 1.807) is 13.0 Å². The summed E-state index contributed by atoms with van der Waals surface area (Å²) in [5.74, 6) is -3.53. The van der Waals surface area contributed by atoms with Crippen molar-refractivity contribution in [3.63, 3.8) is 0 Å². The summed E-state index contributed by atoms with van der Waals surface area (Å²) in [5.41, 5.74) is 4.42. The lowest BCUT2D eigenvalue weighted by molar-refractivity contribution is -0.152. The standard InChI is InChI=1S/C31H35N5O6/c1-2-42-31(41)35-17-15-34(16-18-35)29(38)24(30(39)40)11-13-32-28(37)26-19-27(23-9-5-6-10-25(23)33-26)36-14-12-21-7-3-4-8-22(21)20-36/h3-10,19,24H,2,11-18,20H2,1H3,(H,32,37)(H,39,40). The first-order valence-electron chi connectivity index (χ1n) is 14.3. The molecule has 2 aliphatic rings. The summed E-state index contributed by atoms with van der Waals surface area (Å²) in [6.07, 6.45) is 0.385. The van der Waals surface area contributed by atoms with Crippen LogP contribution in [-0.2, 0) is 27.3 Å². The van der Waals surface area contributed by atoms with E-state index in [4.69, 9.17) is 4.74 Å². The molecule has 0 aliphatic carbocycles. The fraction of sp³-hybridized carbons (Fsp3) is 0.387. The first-order valence-corrected chi connectivity index (χ1v) is 14.3. The molecule has 0 spiro atoms. The molecule has 11 nitrogen and oxygen atoms in total. The molecule has 11 heteroatoms. The molecular weight excluding hydrogens is 538 g/mol. The summed E-state index contributed by atoms with van der Waals surface area (Å²) in [7, 11) is 0. The third-order valence-corrected chi connectivity index (χ3v) is 7.83. The molecular formula is C31H35N5O6. The highest BCUT2D eigenvalue weighted by Crippen LogP contribution is 2.31. The number of aliphatic carboxylic acids is 1. The molecule has 2 aromatic carbocycles. The number of carboxylic acid groups (broad SMARTS) is 1. The molecule has 3 heterocycles. The molecule has 2 N–H and O–H groups in total. The Morgan fingerprint density at radius 2 is 1.64 bits per heavy atom. The molecule has 3 aromatic rings. The van der Waals surface area contributed by atoms with Crippen molar-refractivity contribution in [3.05, 3.63) is 71.4 Å². The van der Waals surface area contributed by atoms with Gasteiger partial charge in [0.1, 0.15) is 11.6 Å². The summed E-state index contributed by atoms with van der Waals surface area (Å²) in [6, 6.07) is 17.8. The van der Waals surface area contributed by atoms with Gasteiger partial charge in [-0.2, -0.15) is 0 Å². The highest BCUT2D eigenvalue weighted by molar-refractivity contribution is 6.00. The van der Waals surface area contributed by atoms with Gasteiger partial charge in [0, 0.05) is 56.9 Å². The topological polar surface area (TPSA) is 132 Å². The monoisotopic (exact) mass is 573 g/mol. The van der Waals surface area contributed by atoms with Crippen LogP contribution in [0.1, 0.15) is 35.0 Å². The molecule has 0 radical (unpaired) electrons. The van der Waals surface area contributed by atoms with Gasteiger partial charge in [-0.3, -0.25) is 14.4 Å². The zero-order chi connectivity index (χ0) is 29.6. The number of carbonyl (C=O) groups is 4.